The third-order valence-electron chi connectivity index (χ3n) is 3.99. The molecular formula is C16H22ClF3N2O. The zero-order valence-corrected chi connectivity index (χ0v) is 13.9. The minimum atomic E-state index is -4.73. The van der Waals surface area contributed by atoms with Crippen LogP contribution in [0.15, 0.2) is 18.2 Å². The van der Waals surface area contributed by atoms with E-state index in [1.165, 1.54) is 6.07 Å². The molecule has 0 saturated carbocycles. The molecule has 0 radical (unpaired) electrons. The Hall–Kier alpha value is -0.980. The molecule has 0 aromatic heterocycles. The summed E-state index contributed by atoms with van der Waals surface area (Å²) in [6, 6.07) is 4.78. The summed E-state index contributed by atoms with van der Waals surface area (Å²) in [6.07, 6.45) is -1.63. The van der Waals surface area contributed by atoms with E-state index in [4.69, 9.17) is 11.6 Å². The summed E-state index contributed by atoms with van der Waals surface area (Å²) >= 11 is 6.00. The molecule has 1 aromatic rings. The Balaban J connectivity index is 2.18. The van der Waals surface area contributed by atoms with Crippen LogP contribution < -0.4 is 10.1 Å². The SMILES string of the molecule is CCCC[C@H](c1ccc(OC(F)(F)F)c(Cl)c1)N1CCNCC1. The Labute approximate surface area is 139 Å². The number of rotatable bonds is 6. The third kappa shape index (κ3) is 5.55. The normalized spacial score (nSPS) is 18.0. The first-order valence-corrected chi connectivity index (χ1v) is 8.28. The number of halogens is 4. The van der Waals surface area contributed by atoms with Crippen molar-refractivity contribution in [1.82, 2.24) is 10.2 Å². The number of piperazine rings is 1. The molecule has 23 heavy (non-hydrogen) atoms. The topological polar surface area (TPSA) is 24.5 Å². The van der Waals surface area contributed by atoms with Gasteiger partial charge in [-0.25, -0.2) is 0 Å². The molecule has 1 heterocycles. The molecule has 1 fully saturated rings. The minimum Gasteiger partial charge on any atom is -0.404 e. The fourth-order valence-electron chi connectivity index (χ4n) is 2.88. The summed E-state index contributed by atoms with van der Waals surface area (Å²) in [5.74, 6) is -0.350. The van der Waals surface area contributed by atoms with Crippen molar-refractivity contribution in [3.8, 4) is 5.75 Å². The van der Waals surface area contributed by atoms with E-state index in [1.54, 1.807) is 12.1 Å². The molecule has 0 spiro atoms. The van der Waals surface area contributed by atoms with Gasteiger partial charge in [-0.1, -0.05) is 37.4 Å². The molecule has 0 unspecified atom stereocenters. The molecule has 7 heteroatoms. The Morgan fingerprint density at radius 1 is 1.30 bits per heavy atom. The second-order valence-electron chi connectivity index (χ2n) is 5.68. The van der Waals surface area contributed by atoms with Gasteiger partial charge in [0.2, 0.25) is 0 Å². The van der Waals surface area contributed by atoms with E-state index in [9.17, 15) is 13.2 Å². The lowest BCUT2D eigenvalue weighted by molar-refractivity contribution is -0.274. The van der Waals surface area contributed by atoms with Crippen LogP contribution >= 0.6 is 11.6 Å². The standard InChI is InChI=1S/C16H22ClF3N2O/c1-2-3-4-14(22-9-7-21-8-10-22)12-5-6-15(13(17)11-12)23-16(18,19)20/h5-6,11,14,21H,2-4,7-10H2,1H3/t14-/m1/s1. The number of ether oxygens (including phenoxy) is 1. The first-order chi connectivity index (χ1) is 10.9. The fourth-order valence-corrected chi connectivity index (χ4v) is 3.11. The van der Waals surface area contributed by atoms with Crippen LogP contribution in [0, 0.1) is 0 Å². The second-order valence-corrected chi connectivity index (χ2v) is 6.09. The number of benzene rings is 1. The van der Waals surface area contributed by atoms with Crippen LogP contribution in [0.1, 0.15) is 37.8 Å². The molecular weight excluding hydrogens is 329 g/mol. The van der Waals surface area contributed by atoms with Gasteiger partial charge in [-0.05, 0) is 24.1 Å². The highest BCUT2D eigenvalue weighted by Crippen LogP contribution is 2.35. The largest absolute Gasteiger partial charge is 0.573 e. The van der Waals surface area contributed by atoms with Crippen LogP contribution in [-0.4, -0.2) is 37.4 Å². The number of hydrogen-bond donors (Lipinski definition) is 1. The summed E-state index contributed by atoms with van der Waals surface area (Å²) in [7, 11) is 0. The van der Waals surface area contributed by atoms with Crippen LogP contribution in [0.5, 0.6) is 5.75 Å². The van der Waals surface area contributed by atoms with Crippen molar-refractivity contribution in [1.29, 1.82) is 0 Å². The third-order valence-corrected chi connectivity index (χ3v) is 4.29. The van der Waals surface area contributed by atoms with Crippen molar-refractivity contribution in [3.05, 3.63) is 28.8 Å². The molecule has 1 aromatic carbocycles. The summed E-state index contributed by atoms with van der Waals surface area (Å²) < 4.78 is 41.0. The first-order valence-electron chi connectivity index (χ1n) is 7.90. The smallest absolute Gasteiger partial charge is 0.404 e. The molecule has 0 bridgehead atoms. The zero-order chi connectivity index (χ0) is 16.9. The minimum absolute atomic E-state index is 0.00328. The van der Waals surface area contributed by atoms with Gasteiger partial charge in [0.05, 0.1) is 5.02 Å². The molecule has 1 saturated heterocycles. The summed E-state index contributed by atoms with van der Waals surface area (Å²) in [6.45, 7) is 5.82. The maximum atomic E-state index is 12.3. The highest BCUT2D eigenvalue weighted by molar-refractivity contribution is 6.32. The van der Waals surface area contributed by atoms with E-state index in [-0.39, 0.29) is 16.8 Å². The van der Waals surface area contributed by atoms with Gasteiger partial charge in [0, 0.05) is 32.2 Å². The van der Waals surface area contributed by atoms with Crippen molar-refractivity contribution in [2.24, 2.45) is 0 Å². The molecule has 3 nitrogen and oxygen atoms in total. The van der Waals surface area contributed by atoms with E-state index in [0.717, 1.165) is 51.0 Å². The average Bonchev–Trinajstić information content (AvgIpc) is 2.50. The highest BCUT2D eigenvalue weighted by atomic mass is 35.5. The Bertz CT molecular complexity index is 505. The van der Waals surface area contributed by atoms with Crippen molar-refractivity contribution in [2.75, 3.05) is 26.2 Å². The van der Waals surface area contributed by atoms with Gasteiger partial charge in [0.25, 0.3) is 0 Å². The highest BCUT2D eigenvalue weighted by Gasteiger charge is 2.32. The lowest BCUT2D eigenvalue weighted by Gasteiger charge is -2.35. The molecule has 2 rings (SSSR count). The van der Waals surface area contributed by atoms with Crippen molar-refractivity contribution < 1.29 is 17.9 Å². The van der Waals surface area contributed by atoms with E-state index in [0.29, 0.717) is 0 Å². The van der Waals surface area contributed by atoms with Gasteiger partial charge < -0.3 is 10.1 Å². The first kappa shape index (κ1) is 18.4. The van der Waals surface area contributed by atoms with Crippen LogP contribution in [-0.2, 0) is 0 Å². The Morgan fingerprint density at radius 2 is 2.00 bits per heavy atom. The summed E-state index contributed by atoms with van der Waals surface area (Å²) in [4.78, 5) is 2.36. The predicted molar refractivity (Wildman–Crippen MR) is 84.8 cm³/mol. The van der Waals surface area contributed by atoms with Crippen molar-refractivity contribution in [3.63, 3.8) is 0 Å². The molecule has 0 amide bonds. The van der Waals surface area contributed by atoms with Crippen LogP contribution in [0.25, 0.3) is 0 Å². The van der Waals surface area contributed by atoms with Crippen LogP contribution in [0.2, 0.25) is 5.02 Å². The average molecular weight is 351 g/mol. The number of hydrogen-bond acceptors (Lipinski definition) is 3. The molecule has 1 atom stereocenters. The molecule has 130 valence electrons. The van der Waals surface area contributed by atoms with E-state index < -0.39 is 6.36 Å². The number of nitrogens with zero attached hydrogens (tertiary/aromatic N) is 1. The van der Waals surface area contributed by atoms with Gasteiger partial charge in [0.1, 0.15) is 5.75 Å². The lowest BCUT2D eigenvalue weighted by Crippen LogP contribution is -2.45. The Kier molecular flexibility index (Phi) is 6.56. The number of nitrogens with one attached hydrogen (secondary N) is 1. The van der Waals surface area contributed by atoms with Gasteiger partial charge in [-0.3, -0.25) is 4.90 Å². The van der Waals surface area contributed by atoms with Crippen molar-refractivity contribution >= 4 is 11.6 Å². The zero-order valence-electron chi connectivity index (χ0n) is 13.1. The van der Waals surface area contributed by atoms with Crippen LogP contribution in [0.3, 0.4) is 0 Å². The van der Waals surface area contributed by atoms with Gasteiger partial charge in [0.15, 0.2) is 0 Å². The molecule has 0 aliphatic carbocycles. The molecule has 1 aliphatic heterocycles. The monoisotopic (exact) mass is 350 g/mol. The molecule has 1 aliphatic rings. The van der Waals surface area contributed by atoms with E-state index in [1.807, 2.05) is 0 Å². The number of alkyl halides is 3. The van der Waals surface area contributed by atoms with Crippen molar-refractivity contribution in [2.45, 2.75) is 38.6 Å². The van der Waals surface area contributed by atoms with Gasteiger partial charge in [-0.15, -0.1) is 13.2 Å². The quantitative estimate of drug-likeness (QED) is 0.824. The van der Waals surface area contributed by atoms with Crippen LogP contribution in [0.4, 0.5) is 13.2 Å². The summed E-state index contributed by atoms with van der Waals surface area (Å²) in [5, 5.41) is 3.31. The van der Waals surface area contributed by atoms with E-state index >= 15 is 0 Å². The number of unbranched alkanes of at least 4 members (excludes halogenated alkanes) is 1. The van der Waals surface area contributed by atoms with Gasteiger partial charge in [-0.2, -0.15) is 0 Å². The lowest BCUT2D eigenvalue weighted by atomic mass is 9.98. The Morgan fingerprint density at radius 3 is 2.57 bits per heavy atom. The van der Waals surface area contributed by atoms with Gasteiger partial charge >= 0.3 is 6.36 Å². The maximum Gasteiger partial charge on any atom is 0.573 e. The molecule has 1 N–H and O–H groups in total. The van der Waals surface area contributed by atoms with E-state index in [2.05, 4.69) is 21.9 Å². The second kappa shape index (κ2) is 8.22. The maximum absolute atomic E-state index is 12.3. The fraction of sp³-hybridized carbons (Fsp3) is 0.625. The predicted octanol–water partition coefficient (Wildman–Crippen LogP) is 4.38. The summed E-state index contributed by atoms with van der Waals surface area (Å²) in [5.41, 5.74) is 0.944.